The average Bonchev–Trinajstić information content (AvgIpc) is 3.01. The maximum Gasteiger partial charge on any atom is 0.257 e. The van der Waals surface area contributed by atoms with E-state index >= 15 is 0 Å². The Morgan fingerprint density at radius 2 is 2.05 bits per heavy atom. The molecule has 3 heterocycles. The topological polar surface area (TPSA) is 49.3 Å². The van der Waals surface area contributed by atoms with Crippen molar-refractivity contribution in [2.24, 2.45) is 0 Å². The van der Waals surface area contributed by atoms with Gasteiger partial charge in [-0.1, -0.05) is 0 Å². The summed E-state index contributed by atoms with van der Waals surface area (Å²) in [5.74, 6) is -0.844. The summed E-state index contributed by atoms with van der Waals surface area (Å²) in [6.07, 6.45) is 4.27. The molecule has 0 aromatic carbocycles. The van der Waals surface area contributed by atoms with Crippen molar-refractivity contribution in [3.63, 3.8) is 0 Å². The number of piperazine rings is 1. The van der Waals surface area contributed by atoms with Crippen molar-refractivity contribution in [3.05, 3.63) is 41.4 Å². The van der Waals surface area contributed by atoms with Crippen LogP contribution in [0.2, 0.25) is 0 Å². The Bertz CT molecular complexity index is 596. The first-order chi connectivity index (χ1) is 9.75. The highest BCUT2D eigenvalue weighted by Crippen LogP contribution is 2.19. The minimum atomic E-state index is -0.570. The largest absolute Gasteiger partial charge is 0.345 e. The first kappa shape index (κ1) is 13.0. The van der Waals surface area contributed by atoms with Crippen LogP contribution < -0.4 is 4.90 Å². The Hall–Kier alpha value is -2.02. The molecule has 1 aliphatic heterocycles. The van der Waals surface area contributed by atoms with E-state index < -0.39 is 5.82 Å². The standard InChI is InChI=1S/C13H13FN4OS/c14-11-9-15-2-1-10(11)12(19)17-4-6-18(7-5-17)13-16-3-8-20-13/h1-3,8-9H,4-7H2. The maximum absolute atomic E-state index is 13.6. The lowest BCUT2D eigenvalue weighted by Gasteiger charge is -2.34. The quantitative estimate of drug-likeness (QED) is 0.844. The lowest BCUT2D eigenvalue weighted by atomic mass is 10.2. The van der Waals surface area contributed by atoms with E-state index in [1.54, 1.807) is 22.4 Å². The minimum absolute atomic E-state index is 0.0858. The van der Waals surface area contributed by atoms with Gasteiger partial charge in [0.25, 0.3) is 5.91 Å². The number of carbonyl (C=O) groups is 1. The average molecular weight is 292 g/mol. The normalized spacial score (nSPS) is 15.4. The highest BCUT2D eigenvalue weighted by Gasteiger charge is 2.24. The Morgan fingerprint density at radius 1 is 1.25 bits per heavy atom. The summed E-state index contributed by atoms with van der Waals surface area (Å²) in [4.78, 5) is 24.0. The second-order valence-electron chi connectivity index (χ2n) is 4.45. The number of hydrogen-bond acceptors (Lipinski definition) is 5. The summed E-state index contributed by atoms with van der Waals surface area (Å²) in [6, 6.07) is 1.42. The molecule has 1 aliphatic rings. The van der Waals surface area contributed by atoms with Crippen molar-refractivity contribution in [3.8, 4) is 0 Å². The van der Waals surface area contributed by atoms with Gasteiger partial charge in [0.1, 0.15) is 0 Å². The summed E-state index contributed by atoms with van der Waals surface area (Å²) < 4.78 is 13.6. The van der Waals surface area contributed by atoms with E-state index in [0.29, 0.717) is 26.2 Å². The highest BCUT2D eigenvalue weighted by molar-refractivity contribution is 7.13. The van der Waals surface area contributed by atoms with Crippen LogP contribution in [0.15, 0.2) is 30.0 Å². The lowest BCUT2D eigenvalue weighted by molar-refractivity contribution is 0.0742. The molecule has 0 N–H and O–H groups in total. The Morgan fingerprint density at radius 3 is 2.70 bits per heavy atom. The summed E-state index contributed by atoms with van der Waals surface area (Å²) in [6.45, 7) is 2.57. The molecular weight excluding hydrogens is 279 g/mol. The fraction of sp³-hybridized carbons (Fsp3) is 0.308. The van der Waals surface area contributed by atoms with Crippen LogP contribution in [0, 0.1) is 5.82 Å². The second-order valence-corrected chi connectivity index (χ2v) is 5.32. The van der Waals surface area contributed by atoms with Crippen molar-refractivity contribution < 1.29 is 9.18 Å². The number of thiazole rings is 1. The number of amides is 1. The van der Waals surface area contributed by atoms with Crippen LogP contribution in [-0.4, -0.2) is 47.0 Å². The van der Waals surface area contributed by atoms with E-state index in [4.69, 9.17) is 0 Å². The molecule has 1 fully saturated rings. The molecular formula is C13H13FN4OS. The molecule has 2 aromatic rings. The molecule has 20 heavy (non-hydrogen) atoms. The predicted molar refractivity (Wildman–Crippen MR) is 74.4 cm³/mol. The Kier molecular flexibility index (Phi) is 3.60. The maximum atomic E-state index is 13.6. The first-order valence-electron chi connectivity index (χ1n) is 6.29. The van der Waals surface area contributed by atoms with Crippen molar-refractivity contribution in [1.82, 2.24) is 14.9 Å². The molecule has 0 radical (unpaired) electrons. The van der Waals surface area contributed by atoms with E-state index in [1.165, 1.54) is 12.3 Å². The smallest absolute Gasteiger partial charge is 0.257 e. The number of carbonyl (C=O) groups excluding carboxylic acids is 1. The van der Waals surface area contributed by atoms with E-state index in [9.17, 15) is 9.18 Å². The molecule has 0 bridgehead atoms. The number of nitrogens with zero attached hydrogens (tertiary/aromatic N) is 4. The number of rotatable bonds is 2. The monoisotopic (exact) mass is 292 g/mol. The molecule has 0 spiro atoms. The SMILES string of the molecule is O=C(c1ccncc1F)N1CCN(c2nccs2)CC1. The van der Waals surface area contributed by atoms with E-state index in [1.807, 2.05) is 5.38 Å². The predicted octanol–water partition coefficient (Wildman–Crippen LogP) is 1.64. The van der Waals surface area contributed by atoms with Gasteiger partial charge >= 0.3 is 0 Å². The Balaban J connectivity index is 1.66. The number of halogens is 1. The van der Waals surface area contributed by atoms with Gasteiger partial charge in [-0.2, -0.15) is 0 Å². The molecule has 0 saturated carbocycles. The molecule has 5 nitrogen and oxygen atoms in total. The fourth-order valence-electron chi connectivity index (χ4n) is 2.19. The van der Waals surface area contributed by atoms with Crippen LogP contribution in [-0.2, 0) is 0 Å². The number of hydrogen-bond donors (Lipinski definition) is 0. The molecule has 1 amide bonds. The number of pyridine rings is 1. The van der Waals surface area contributed by atoms with Crippen molar-refractivity contribution in [2.75, 3.05) is 31.1 Å². The van der Waals surface area contributed by atoms with Crippen molar-refractivity contribution >= 4 is 22.4 Å². The van der Waals surface area contributed by atoms with Crippen LogP contribution >= 0.6 is 11.3 Å². The molecule has 1 saturated heterocycles. The third-order valence-electron chi connectivity index (χ3n) is 3.26. The van der Waals surface area contributed by atoms with Crippen LogP contribution in [0.3, 0.4) is 0 Å². The van der Waals surface area contributed by atoms with E-state index in [0.717, 1.165) is 11.3 Å². The number of aromatic nitrogens is 2. The third kappa shape index (κ3) is 2.49. The first-order valence-corrected chi connectivity index (χ1v) is 7.17. The van der Waals surface area contributed by atoms with E-state index in [2.05, 4.69) is 14.9 Å². The van der Waals surface area contributed by atoms with Gasteiger partial charge in [-0.15, -0.1) is 11.3 Å². The highest BCUT2D eigenvalue weighted by atomic mass is 32.1. The minimum Gasteiger partial charge on any atom is -0.345 e. The third-order valence-corrected chi connectivity index (χ3v) is 4.09. The fourth-order valence-corrected chi connectivity index (χ4v) is 2.89. The molecule has 2 aromatic heterocycles. The summed E-state index contributed by atoms with van der Waals surface area (Å²) >= 11 is 1.58. The zero-order valence-corrected chi connectivity index (χ0v) is 11.5. The molecule has 3 rings (SSSR count). The summed E-state index contributed by atoms with van der Waals surface area (Å²) in [7, 11) is 0. The van der Waals surface area contributed by atoms with Gasteiger partial charge in [0.05, 0.1) is 11.8 Å². The molecule has 7 heteroatoms. The number of anilines is 1. The second kappa shape index (κ2) is 5.54. The molecule has 0 atom stereocenters. The van der Waals surface area contributed by atoms with Gasteiger partial charge in [0.2, 0.25) is 0 Å². The van der Waals surface area contributed by atoms with Gasteiger partial charge < -0.3 is 9.80 Å². The van der Waals surface area contributed by atoms with Crippen LogP contribution in [0.4, 0.5) is 9.52 Å². The van der Waals surface area contributed by atoms with Gasteiger partial charge in [-0.3, -0.25) is 9.78 Å². The summed E-state index contributed by atoms with van der Waals surface area (Å²) in [5, 5.41) is 2.89. The van der Waals surface area contributed by atoms with Gasteiger partial charge in [0.15, 0.2) is 10.9 Å². The molecule has 104 valence electrons. The molecule has 0 unspecified atom stereocenters. The van der Waals surface area contributed by atoms with E-state index in [-0.39, 0.29) is 11.5 Å². The zero-order chi connectivity index (χ0) is 13.9. The van der Waals surface area contributed by atoms with Gasteiger partial charge in [0, 0.05) is 44.0 Å². The van der Waals surface area contributed by atoms with Crippen LogP contribution in [0.1, 0.15) is 10.4 Å². The van der Waals surface area contributed by atoms with Crippen molar-refractivity contribution in [1.29, 1.82) is 0 Å². The van der Waals surface area contributed by atoms with Crippen LogP contribution in [0.25, 0.3) is 0 Å². The van der Waals surface area contributed by atoms with Gasteiger partial charge in [-0.25, -0.2) is 9.37 Å². The van der Waals surface area contributed by atoms with Gasteiger partial charge in [-0.05, 0) is 6.07 Å². The summed E-state index contributed by atoms with van der Waals surface area (Å²) in [5.41, 5.74) is 0.0858. The van der Waals surface area contributed by atoms with Crippen LogP contribution in [0.5, 0.6) is 0 Å². The lowest BCUT2D eigenvalue weighted by Crippen LogP contribution is -2.49. The molecule has 0 aliphatic carbocycles. The van der Waals surface area contributed by atoms with Crippen molar-refractivity contribution in [2.45, 2.75) is 0 Å². The zero-order valence-electron chi connectivity index (χ0n) is 10.7. The Labute approximate surface area is 119 Å².